The first-order valence-electron chi connectivity index (χ1n) is 13.5. The molecule has 0 aromatic rings. The van der Waals surface area contributed by atoms with Gasteiger partial charge in [0.1, 0.15) is 18.2 Å². The number of nitrogens with zero attached hydrogens (tertiary/aromatic N) is 1. The number of likely N-dealkylation sites (tertiary alicyclic amines) is 1. The number of ether oxygens (including phenoxy) is 2. The molecule has 4 N–H and O–H groups in total. The lowest BCUT2D eigenvalue weighted by atomic mass is 10.2. The Morgan fingerprint density at radius 2 is 1.76 bits per heavy atom. The van der Waals surface area contributed by atoms with E-state index in [-0.39, 0.29) is 31.4 Å². The molecule has 0 spiro atoms. The highest BCUT2D eigenvalue weighted by molar-refractivity contribution is 5.89. The van der Waals surface area contributed by atoms with Crippen molar-refractivity contribution in [3.8, 4) is 0 Å². The number of esters is 1. The minimum atomic E-state index is -0.835. The molecule has 1 saturated heterocycles. The fraction of sp³-hybridized carbons (Fsp3) is 0.778. The smallest absolute Gasteiger partial charge is 0.408 e. The summed E-state index contributed by atoms with van der Waals surface area (Å²) in [6.07, 6.45) is 9.01. The third kappa shape index (κ3) is 14.6. The van der Waals surface area contributed by atoms with Crippen LogP contribution in [-0.4, -0.2) is 71.3 Å². The first kappa shape index (κ1) is 34.4. The van der Waals surface area contributed by atoms with Crippen molar-refractivity contribution in [2.24, 2.45) is 17.6 Å². The fourth-order valence-corrected chi connectivity index (χ4v) is 3.65. The number of primary amides is 1. The molecule has 4 atom stereocenters. The summed E-state index contributed by atoms with van der Waals surface area (Å²) in [7, 11) is 0. The molecule has 1 aliphatic heterocycles. The van der Waals surface area contributed by atoms with Crippen LogP contribution in [0.5, 0.6) is 0 Å². The second-order valence-electron chi connectivity index (χ2n) is 9.89. The Bertz CT molecular complexity index is 749. The van der Waals surface area contributed by atoms with Crippen molar-refractivity contribution in [2.75, 3.05) is 19.7 Å². The van der Waals surface area contributed by atoms with Gasteiger partial charge in [-0.2, -0.15) is 0 Å². The number of allylic oxidation sites excluding steroid dienone is 2. The van der Waals surface area contributed by atoms with Gasteiger partial charge in [-0.25, -0.2) is 4.79 Å². The number of carbonyl (C=O) groups excluding carboxylic acids is 4. The number of nitrogens with two attached hydrogens (primary N) is 1. The summed E-state index contributed by atoms with van der Waals surface area (Å²) in [6, 6.07) is -0.835. The van der Waals surface area contributed by atoms with E-state index in [0.29, 0.717) is 12.5 Å². The van der Waals surface area contributed by atoms with E-state index in [2.05, 4.69) is 24.4 Å². The highest BCUT2D eigenvalue weighted by atomic mass is 16.6. The third-order valence-electron chi connectivity index (χ3n) is 5.50. The van der Waals surface area contributed by atoms with Crippen molar-refractivity contribution in [3.05, 3.63) is 12.2 Å². The van der Waals surface area contributed by atoms with E-state index in [1.54, 1.807) is 20.8 Å². The number of nitrogens with one attached hydrogen (secondary N) is 1. The largest absolute Gasteiger partial charge is 0.466 e. The molecule has 3 amide bonds. The number of aliphatic hydroxyl groups is 1. The number of rotatable bonds is 10. The van der Waals surface area contributed by atoms with Crippen LogP contribution in [0.1, 0.15) is 87.0 Å². The molecule has 2 aliphatic rings. The van der Waals surface area contributed by atoms with Crippen LogP contribution in [0.2, 0.25) is 0 Å². The monoisotopic (exact) mass is 527 g/mol. The molecule has 0 radical (unpaired) electrons. The van der Waals surface area contributed by atoms with Crippen molar-refractivity contribution in [1.82, 2.24) is 10.2 Å². The van der Waals surface area contributed by atoms with E-state index in [4.69, 9.17) is 15.2 Å². The number of unbranched alkanes of at least 4 members (excludes halogenated alkanes) is 3. The van der Waals surface area contributed by atoms with E-state index in [1.807, 2.05) is 20.8 Å². The molecule has 0 bridgehead atoms. The molecule has 10 nitrogen and oxygen atoms in total. The van der Waals surface area contributed by atoms with Crippen LogP contribution >= 0.6 is 0 Å². The van der Waals surface area contributed by atoms with Crippen LogP contribution in [0.4, 0.5) is 4.79 Å². The first-order valence-corrected chi connectivity index (χ1v) is 13.5. The summed E-state index contributed by atoms with van der Waals surface area (Å²) in [5.74, 6) is -0.554. The predicted octanol–water partition coefficient (Wildman–Crippen LogP) is 3.31. The van der Waals surface area contributed by atoms with Crippen molar-refractivity contribution in [2.45, 2.75) is 105 Å². The van der Waals surface area contributed by atoms with Gasteiger partial charge in [0.2, 0.25) is 11.8 Å². The van der Waals surface area contributed by atoms with Gasteiger partial charge < -0.3 is 30.5 Å². The number of β-amino-alcohol motifs (C(OH)–C–C–N with tert-alkyl or cyclic N) is 1. The van der Waals surface area contributed by atoms with Gasteiger partial charge in [-0.05, 0) is 52.9 Å². The van der Waals surface area contributed by atoms with Gasteiger partial charge in [0.15, 0.2) is 0 Å². The molecule has 2 fully saturated rings. The van der Waals surface area contributed by atoms with Gasteiger partial charge in [0.05, 0.1) is 18.6 Å². The summed E-state index contributed by atoms with van der Waals surface area (Å²) >= 11 is 0. The van der Waals surface area contributed by atoms with Crippen LogP contribution in [0.25, 0.3) is 0 Å². The van der Waals surface area contributed by atoms with Crippen LogP contribution in [-0.2, 0) is 23.9 Å². The minimum Gasteiger partial charge on any atom is -0.466 e. The maximum atomic E-state index is 11.9. The lowest BCUT2D eigenvalue weighted by molar-refractivity contribution is -0.144. The second-order valence-corrected chi connectivity index (χ2v) is 9.89. The zero-order valence-electron chi connectivity index (χ0n) is 23.7. The summed E-state index contributed by atoms with van der Waals surface area (Å²) in [4.78, 5) is 47.0. The molecule has 214 valence electrons. The minimum absolute atomic E-state index is 0.0132. The van der Waals surface area contributed by atoms with Gasteiger partial charge in [-0.3, -0.25) is 14.4 Å². The number of carbonyl (C=O) groups is 4. The van der Waals surface area contributed by atoms with E-state index < -0.39 is 35.7 Å². The van der Waals surface area contributed by atoms with E-state index in [0.717, 1.165) is 12.8 Å². The number of hydrogen-bond donors (Lipinski definition) is 3. The summed E-state index contributed by atoms with van der Waals surface area (Å²) in [6.45, 7) is 13.4. The first-order chi connectivity index (χ1) is 17.4. The normalized spacial score (nSPS) is 22.2. The van der Waals surface area contributed by atoms with E-state index in [1.165, 1.54) is 24.2 Å². The Kier molecular flexibility index (Phi) is 16.5. The molecule has 1 aliphatic carbocycles. The number of amides is 3. The molecule has 1 saturated carbocycles. The molecule has 0 aromatic carbocycles. The summed E-state index contributed by atoms with van der Waals surface area (Å²) in [5.41, 5.74) is 4.51. The molecule has 0 aromatic heterocycles. The molecule has 4 unspecified atom stereocenters. The number of alkyl carbamates (subject to hydrolysis) is 1. The molecular weight excluding hydrogens is 478 g/mol. The highest BCUT2D eigenvalue weighted by Crippen LogP contribution is 2.40. The van der Waals surface area contributed by atoms with Gasteiger partial charge in [0, 0.05) is 13.0 Å². The second kappa shape index (κ2) is 17.8. The zero-order chi connectivity index (χ0) is 28.6. The lowest BCUT2D eigenvalue weighted by Crippen LogP contribution is -2.48. The van der Waals surface area contributed by atoms with Gasteiger partial charge in [-0.1, -0.05) is 45.8 Å². The maximum Gasteiger partial charge on any atom is 0.408 e. The Morgan fingerprint density at radius 1 is 1.11 bits per heavy atom. The van der Waals surface area contributed by atoms with Gasteiger partial charge in [0.25, 0.3) is 0 Å². The van der Waals surface area contributed by atoms with E-state index in [9.17, 15) is 24.3 Å². The van der Waals surface area contributed by atoms with Crippen molar-refractivity contribution in [3.63, 3.8) is 0 Å². The highest BCUT2D eigenvalue weighted by Gasteiger charge is 2.42. The van der Waals surface area contributed by atoms with Crippen molar-refractivity contribution < 1.29 is 33.8 Å². The number of hydrogen-bond acceptors (Lipinski definition) is 7. The molecule has 1 heterocycles. The average Bonchev–Trinajstić information content (AvgIpc) is 3.49. The van der Waals surface area contributed by atoms with Crippen molar-refractivity contribution in [1.29, 1.82) is 0 Å². The zero-order valence-corrected chi connectivity index (χ0v) is 23.7. The molecule has 10 heteroatoms. The topological polar surface area (TPSA) is 148 Å². The van der Waals surface area contributed by atoms with Gasteiger partial charge in [-0.15, -0.1) is 0 Å². The Morgan fingerprint density at radius 3 is 2.30 bits per heavy atom. The van der Waals surface area contributed by atoms with Crippen LogP contribution in [0.15, 0.2) is 12.2 Å². The lowest BCUT2D eigenvalue weighted by Gasteiger charge is -2.23. The maximum absolute atomic E-state index is 11.9. The Hall–Kier alpha value is -2.62. The average molecular weight is 528 g/mol. The van der Waals surface area contributed by atoms with Crippen LogP contribution in [0, 0.1) is 11.8 Å². The van der Waals surface area contributed by atoms with E-state index >= 15 is 0 Å². The van der Waals surface area contributed by atoms with Gasteiger partial charge >= 0.3 is 12.1 Å². The van der Waals surface area contributed by atoms with Crippen LogP contribution < -0.4 is 11.1 Å². The molecule has 37 heavy (non-hydrogen) atoms. The summed E-state index contributed by atoms with van der Waals surface area (Å²) in [5, 5.41) is 11.8. The predicted molar refractivity (Wildman–Crippen MR) is 142 cm³/mol. The molecular formula is C27H49N3O7. The fourth-order valence-electron chi connectivity index (χ4n) is 3.65. The number of aliphatic hydroxyl groups excluding tert-OH is 1. The Labute approximate surface area is 222 Å². The summed E-state index contributed by atoms with van der Waals surface area (Å²) < 4.78 is 9.95. The van der Waals surface area contributed by atoms with Crippen LogP contribution in [0.3, 0.4) is 0 Å². The SMILES string of the molecule is CC.CC(C)(C)OC(=O)NCC(=O)N1CC(O)CC1C(N)=O.CCCCC/C=C\C1CC1C(=O)OCC. The third-order valence-corrected chi connectivity index (χ3v) is 5.50. The quantitative estimate of drug-likeness (QED) is 0.224. The molecule has 2 rings (SSSR count). The standard InChI is InChI=1S/C13H22O2.C12H21N3O5.C2H6/c1-3-5-6-7-8-9-11-10-12(11)13(14)15-4-2;1-12(2,3)20-11(19)14-5-9(17)15-6-7(16)4-8(15)10(13)18;1-2/h8-9,11-12H,3-7,10H2,1-2H3;7-8,16H,4-6H2,1-3H3,(H2,13,18)(H,14,19);1-2H3/b9-8-;;. The Balaban J connectivity index is 0.000000679. The van der Waals surface area contributed by atoms with Crippen molar-refractivity contribution >= 4 is 23.9 Å².